The van der Waals surface area contributed by atoms with Gasteiger partial charge in [0.1, 0.15) is 5.82 Å². The number of aromatic nitrogens is 1. The third-order valence-corrected chi connectivity index (χ3v) is 6.10. The predicted molar refractivity (Wildman–Crippen MR) is 133 cm³/mol. The molecular formula is C27H35N5O2. The molecule has 2 unspecified atom stereocenters. The van der Waals surface area contributed by atoms with E-state index in [0.29, 0.717) is 41.7 Å². The maximum Gasteiger partial charge on any atom is 0.256 e. The Hall–Kier alpha value is -3.40. The fraction of sp³-hybridized carbons (Fsp3) is 0.481. The highest BCUT2D eigenvalue weighted by molar-refractivity contribution is 5.97. The van der Waals surface area contributed by atoms with Crippen molar-refractivity contribution in [3.8, 4) is 6.07 Å². The molecule has 7 heteroatoms. The third-order valence-electron chi connectivity index (χ3n) is 6.10. The second kappa shape index (κ2) is 11.6. The van der Waals surface area contributed by atoms with Crippen molar-refractivity contribution in [2.45, 2.75) is 53.0 Å². The normalized spacial score (nSPS) is 15.5. The molecule has 1 aliphatic heterocycles. The summed E-state index contributed by atoms with van der Waals surface area (Å²) in [6, 6.07) is 12.7. The number of anilines is 1. The average molecular weight is 462 g/mol. The van der Waals surface area contributed by atoms with Gasteiger partial charge in [0.2, 0.25) is 0 Å². The van der Waals surface area contributed by atoms with Gasteiger partial charge in [0, 0.05) is 25.3 Å². The van der Waals surface area contributed by atoms with E-state index in [2.05, 4.69) is 37.1 Å². The van der Waals surface area contributed by atoms with Crippen LogP contribution < -0.4 is 10.2 Å². The average Bonchev–Trinajstić information content (AvgIpc) is 2.83. The van der Waals surface area contributed by atoms with Crippen LogP contribution in [0.15, 0.2) is 42.6 Å². The van der Waals surface area contributed by atoms with E-state index in [4.69, 9.17) is 0 Å². The molecule has 0 radical (unpaired) electrons. The number of benzene rings is 1. The molecule has 7 nitrogen and oxygen atoms in total. The smallest absolute Gasteiger partial charge is 0.256 e. The van der Waals surface area contributed by atoms with Gasteiger partial charge in [-0.2, -0.15) is 5.26 Å². The van der Waals surface area contributed by atoms with Crippen molar-refractivity contribution < 1.29 is 9.59 Å². The Morgan fingerprint density at radius 2 is 1.85 bits per heavy atom. The van der Waals surface area contributed by atoms with Gasteiger partial charge in [0.05, 0.1) is 29.4 Å². The lowest BCUT2D eigenvalue weighted by atomic mass is 9.93. The van der Waals surface area contributed by atoms with E-state index in [-0.39, 0.29) is 17.9 Å². The summed E-state index contributed by atoms with van der Waals surface area (Å²) >= 11 is 0. The largest absolute Gasteiger partial charge is 0.350 e. The lowest BCUT2D eigenvalue weighted by molar-refractivity contribution is 0.0732. The topological polar surface area (TPSA) is 89.3 Å². The van der Waals surface area contributed by atoms with Crippen LogP contribution in [0, 0.1) is 23.2 Å². The summed E-state index contributed by atoms with van der Waals surface area (Å²) in [6.45, 7) is 10.5. The highest BCUT2D eigenvalue weighted by atomic mass is 16.2. The Bertz CT molecular complexity index is 1030. The first kappa shape index (κ1) is 25.2. The lowest BCUT2D eigenvalue weighted by Crippen LogP contribution is -2.48. The van der Waals surface area contributed by atoms with Gasteiger partial charge in [-0.15, -0.1) is 0 Å². The summed E-state index contributed by atoms with van der Waals surface area (Å²) in [4.78, 5) is 33.9. The monoisotopic (exact) mass is 461 g/mol. The van der Waals surface area contributed by atoms with Crippen LogP contribution in [0.25, 0.3) is 0 Å². The van der Waals surface area contributed by atoms with Gasteiger partial charge in [-0.1, -0.05) is 32.9 Å². The van der Waals surface area contributed by atoms with E-state index < -0.39 is 0 Å². The minimum absolute atomic E-state index is 0.0962. The third kappa shape index (κ3) is 6.57. The molecule has 0 bridgehead atoms. The molecule has 1 aromatic carbocycles. The Balaban J connectivity index is 1.60. The summed E-state index contributed by atoms with van der Waals surface area (Å²) in [5, 5.41) is 12.4. The number of carbonyl (C=O) groups is 2. The molecule has 1 saturated heterocycles. The minimum atomic E-state index is -0.154. The molecule has 3 rings (SSSR count). The SMILES string of the molecule is CC(C)CC(C)CC(C)NC(=O)c1ccc(N2CCCN(C(=O)c3ccccc3C#N)C2)nc1. The van der Waals surface area contributed by atoms with E-state index in [1.165, 1.54) is 0 Å². The summed E-state index contributed by atoms with van der Waals surface area (Å²) in [5.41, 5.74) is 1.33. The van der Waals surface area contributed by atoms with Gasteiger partial charge in [0.15, 0.2) is 0 Å². The Labute approximate surface area is 202 Å². The molecule has 1 N–H and O–H groups in total. The summed E-state index contributed by atoms with van der Waals surface area (Å²) in [7, 11) is 0. The molecule has 1 aliphatic rings. The van der Waals surface area contributed by atoms with Crippen LogP contribution in [0.5, 0.6) is 0 Å². The zero-order chi connectivity index (χ0) is 24.7. The molecule has 2 atom stereocenters. The van der Waals surface area contributed by atoms with Crippen LogP contribution in [0.2, 0.25) is 0 Å². The van der Waals surface area contributed by atoms with Gasteiger partial charge in [0.25, 0.3) is 11.8 Å². The fourth-order valence-corrected chi connectivity index (χ4v) is 4.67. The number of carbonyl (C=O) groups excluding carboxylic acids is 2. The maximum absolute atomic E-state index is 13.0. The molecule has 2 heterocycles. The second-order valence-corrected chi connectivity index (χ2v) is 9.73. The number of hydrogen-bond donors (Lipinski definition) is 1. The highest BCUT2D eigenvalue weighted by Crippen LogP contribution is 2.20. The van der Waals surface area contributed by atoms with Crippen molar-refractivity contribution in [2.75, 3.05) is 24.7 Å². The van der Waals surface area contributed by atoms with Crippen LogP contribution in [0.3, 0.4) is 0 Å². The standard InChI is InChI=1S/C27H35N5O2/c1-19(2)14-20(3)15-21(4)30-26(33)23-10-11-25(29-17-23)31-12-7-13-32(18-31)27(34)24-9-6-5-8-22(24)16-28/h5-6,8-11,17,19-21H,7,12-15,18H2,1-4H3,(H,30,33). The van der Waals surface area contributed by atoms with Crippen molar-refractivity contribution in [3.05, 3.63) is 59.3 Å². The molecule has 1 fully saturated rings. The second-order valence-electron chi connectivity index (χ2n) is 9.73. The maximum atomic E-state index is 13.0. The van der Waals surface area contributed by atoms with Crippen molar-refractivity contribution >= 4 is 17.6 Å². The van der Waals surface area contributed by atoms with Gasteiger partial charge in [-0.25, -0.2) is 4.98 Å². The van der Waals surface area contributed by atoms with E-state index in [0.717, 1.165) is 31.6 Å². The van der Waals surface area contributed by atoms with Crippen molar-refractivity contribution in [3.63, 3.8) is 0 Å². The highest BCUT2D eigenvalue weighted by Gasteiger charge is 2.25. The van der Waals surface area contributed by atoms with Crippen LogP contribution in [-0.2, 0) is 0 Å². The zero-order valence-corrected chi connectivity index (χ0v) is 20.6. The van der Waals surface area contributed by atoms with Crippen molar-refractivity contribution in [1.82, 2.24) is 15.2 Å². The van der Waals surface area contributed by atoms with E-state index in [9.17, 15) is 14.9 Å². The van der Waals surface area contributed by atoms with Gasteiger partial charge >= 0.3 is 0 Å². The number of nitrogens with one attached hydrogen (secondary N) is 1. The van der Waals surface area contributed by atoms with Crippen LogP contribution in [-0.4, -0.2) is 47.5 Å². The Kier molecular flexibility index (Phi) is 8.64. The Morgan fingerprint density at radius 1 is 1.09 bits per heavy atom. The van der Waals surface area contributed by atoms with E-state index in [1.807, 2.05) is 17.9 Å². The summed E-state index contributed by atoms with van der Waals surface area (Å²) < 4.78 is 0. The zero-order valence-electron chi connectivity index (χ0n) is 20.6. The van der Waals surface area contributed by atoms with Crippen LogP contribution in [0.4, 0.5) is 5.82 Å². The van der Waals surface area contributed by atoms with E-state index in [1.54, 1.807) is 41.4 Å². The number of rotatable bonds is 8. The Morgan fingerprint density at radius 3 is 2.53 bits per heavy atom. The minimum Gasteiger partial charge on any atom is -0.350 e. The van der Waals surface area contributed by atoms with Gasteiger partial charge in [-0.3, -0.25) is 9.59 Å². The van der Waals surface area contributed by atoms with Crippen molar-refractivity contribution in [2.24, 2.45) is 11.8 Å². The number of amides is 2. The van der Waals surface area contributed by atoms with Gasteiger partial charge < -0.3 is 15.1 Å². The van der Waals surface area contributed by atoms with Gasteiger partial charge in [-0.05, 0) is 62.3 Å². The lowest BCUT2D eigenvalue weighted by Gasteiger charge is -2.36. The van der Waals surface area contributed by atoms with E-state index >= 15 is 0 Å². The summed E-state index contributed by atoms with van der Waals surface area (Å²) in [5.74, 6) is 1.66. The quantitative estimate of drug-likeness (QED) is 0.627. The number of hydrogen-bond acceptors (Lipinski definition) is 5. The van der Waals surface area contributed by atoms with Crippen molar-refractivity contribution in [1.29, 1.82) is 5.26 Å². The summed E-state index contributed by atoms with van der Waals surface area (Å²) in [6.07, 6.45) is 4.49. The first-order chi connectivity index (χ1) is 16.3. The van der Waals surface area contributed by atoms with Crippen LogP contribution >= 0.6 is 0 Å². The molecule has 1 aromatic heterocycles. The fourth-order valence-electron chi connectivity index (χ4n) is 4.67. The number of nitriles is 1. The molecule has 34 heavy (non-hydrogen) atoms. The van der Waals surface area contributed by atoms with Crippen LogP contribution in [0.1, 0.15) is 73.2 Å². The number of pyridine rings is 1. The molecule has 0 spiro atoms. The molecule has 0 aliphatic carbocycles. The first-order valence-corrected chi connectivity index (χ1v) is 12.1. The molecule has 0 saturated carbocycles. The number of nitrogens with zero attached hydrogens (tertiary/aromatic N) is 4. The first-order valence-electron chi connectivity index (χ1n) is 12.1. The predicted octanol–water partition coefficient (Wildman–Crippen LogP) is 4.45. The molecule has 180 valence electrons. The molecular weight excluding hydrogens is 426 g/mol. The molecule has 2 aromatic rings. The molecule has 2 amide bonds.